The van der Waals surface area contributed by atoms with Gasteiger partial charge in [-0.1, -0.05) is 6.07 Å². The third-order valence-electron chi connectivity index (χ3n) is 3.89. The van der Waals surface area contributed by atoms with Gasteiger partial charge in [0.1, 0.15) is 0 Å². The number of aliphatic hydroxyl groups is 1. The number of ether oxygens (including phenoxy) is 2. The Labute approximate surface area is 153 Å². The first-order valence-corrected chi connectivity index (χ1v) is 8.41. The first-order valence-electron chi connectivity index (χ1n) is 8.41. The Balaban J connectivity index is 1.99. The molecule has 0 bridgehead atoms. The van der Waals surface area contributed by atoms with Gasteiger partial charge in [-0.3, -0.25) is 4.98 Å². The van der Waals surface area contributed by atoms with Crippen LogP contribution in [0.5, 0.6) is 11.5 Å². The molecule has 0 saturated heterocycles. The van der Waals surface area contributed by atoms with E-state index in [1.165, 1.54) is 0 Å². The number of rotatable bonds is 9. The Morgan fingerprint density at radius 1 is 1.12 bits per heavy atom. The van der Waals surface area contributed by atoms with Crippen LogP contribution in [0.1, 0.15) is 17.5 Å². The molecule has 0 saturated carbocycles. The lowest BCUT2D eigenvalue weighted by molar-refractivity contribution is 0.186. The number of hydrogen-bond donors (Lipinski definition) is 2. The lowest BCUT2D eigenvalue weighted by Gasteiger charge is -2.23. The second-order valence-electron chi connectivity index (χ2n) is 5.70. The summed E-state index contributed by atoms with van der Waals surface area (Å²) in [4.78, 5) is 18.2. The predicted octanol–water partition coefficient (Wildman–Crippen LogP) is 2.19. The lowest BCUT2D eigenvalue weighted by atomic mass is 10.2. The second kappa shape index (κ2) is 10.2. The van der Waals surface area contributed by atoms with Gasteiger partial charge < -0.3 is 24.8 Å². The van der Waals surface area contributed by atoms with Gasteiger partial charge in [0.05, 0.1) is 14.2 Å². The van der Waals surface area contributed by atoms with E-state index in [2.05, 4.69) is 10.3 Å². The SMILES string of the molecule is COc1ccc(CNC(=O)N(CCCO)Cc2ccncc2)cc1OC. The maximum Gasteiger partial charge on any atom is 0.317 e. The number of amides is 2. The molecule has 0 spiro atoms. The molecule has 1 aromatic carbocycles. The van der Waals surface area contributed by atoms with E-state index < -0.39 is 0 Å². The van der Waals surface area contributed by atoms with Crippen LogP contribution < -0.4 is 14.8 Å². The second-order valence-corrected chi connectivity index (χ2v) is 5.70. The summed E-state index contributed by atoms with van der Waals surface area (Å²) in [5.41, 5.74) is 1.89. The van der Waals surface area contributed by atoms with Gasteiger partial charge in [-0.05, 0) is 41.8 Å². The van der Waals surface area contributed by atoms with Crippen molar-refractivity contribution in [1.29, 1.82) is 0 Å². The highest BCUT2D eigenvalue weighted by Crippen LogP contribution is 2.27. The van der Waals surface area contributed by atoms with Crippen LogP contribution in [0.4, 0.5) is 4.79 Å². The zero-order valence-electron chi connectivity index (χ0n) is 15.1. The third-order valence-corrected chi connectivity index (χ3v) is 3.89. The van der Waals surface area contributed by atoms with Crippen LogP contribution >= 0.6 is 0 Å². The summed E-state index contributed by atoms with van der Waals surface area (Å²) in [6, 6.07) is 9.06. The fraction of sp³-hybridized carbons (Fsp3) is 0.368. The summed E-state index contributed by atoms with van der Waals surface area (Å²) in [6.07, 6.45) is 3.91. The highest BCUT2D eigenvalue weighted by molar-refractivity contribution is 5.74. The molecule has 26 heavy (non-hydrogen) atoms. The first-order chi connectivity index (χ1) is 12.7. The van der Waals surface area contributed by atoms with Gasteiger partial charge in [-0.15, -0.1) is 0 Å². The topological polar surface area (TPSA) is 83.9 Å². The van der Waals surface area contributed by atoms with Crippen molar-refractivity contribution in [1.82, 2.24) is 15.2 Å². The molecule has 2 amide bonds. The summed E-state index contributed by atoms with van der Waals surface area (Å²) in [7, 11) is 3.16. The Hall–Kier alpha value is -2.80. The maximum absolute atomic E-state index is 12.6. The molecular weight excluding hydrogens is 334 g/mol. The fourth-order valence-corrected chi connectivity index (χ4v) is 2.50. The molecule has 7 nitrogen and oxygen atoms in total. The van der Waals surface area contributed by atoms with Crippen molar-refractivity contribution < 1.29 is 19.4 Å². The van der Waals surface area contributed by atoms with Crippen LogP contribution in [0.15, 0.2) is 42.7 Å². The monoisotopic (exact) mass is 359 g/mol. The molecule has 0 radical (unpaired) electrons. The highest BCUT2D eigenvalue weighted by atomic mass is 16.5. The van der Waals surface area contributed by atoms with Gasteiger partial charge >= 0.3 is 6.03 Å². The average Bonchev–Trinajstić information content (AvgIpc) is 2.69. The zero-order valence-corrected chi connectivity index (χ0v) is 15.1. The number of nitrogens with zero attached hydrogens (tertiary/aromatic N) is 2. The molecule has 0 aliphatic heterocycles. The number of pyridine rings is 1. The smallest absolute Gasteiger partial charge is 0.317 e. The normalized spacial score (nSPS) is 10.3. The van der Waals surface area contributed by atoms with Gasteiger partial charge in [0.25, 0.3) is 0 Å². The van der Waals surface area contributed by atoms with Crippen molar-refractivity contribution >= 4 is 6.03 Å². The molecule has 1 aromatic heterocycles. The van der Waals surface area contributed by atoms with Gasteiger partial charge in [0, 0.05) is 38.6 Å². The van der Waals surface area contributed by atoms with E-state index in [-0.39, 0.29) is 12.6 Å². The number of aliphatic hydroxyl groups excluding tert-OH is 1. The number of benzene rings is 1. The van der Waals surface area contributed by atoms with E-state index in [1.54, 1.807) is 37.6 Å². The Morgan fingerprint density at radius 2 is 1.85 bits per heavy atom. The maximum atomic E-state index is 12.6. The Bertz CT molecular complexity index is 694. The molecule has 2 N–H and O–H groups in total. The van der Waals surface area contributed by atoms with Gasteiger partial charge in [-0.25, -0.2) is 4.79 Å². The van der Waals surface area contributed by atoms with E-state index in [4.69, 9.17) is 14.6 Å². The van der Waals surface area contributed by atoms with Crippen molar-refractivity contribution in [2.24, 2.45) is 0 Å². The minimum atomic E-state index is -0.190. The number of aromatic nitrogens is 1. The van der Waals surface area contributed by atoms with Crippen molar-refractivity contribution in [2.75, 3.05) is 27.4 Å². The standard InChI is InChI=1S/C19H25N3O4/c1-25-17-5-4-16(12-18(17)26-2)13-21-19(24)22(10-3-11-23)14-15-6-8-20-9-7-15/h4-9,12,23H,3,10-11,13-14H2,1-2H3,(H,21,24). The largest absolute Gasteiger partial charge is 0.493 e. The number of methoxy groups -OCH3 is 2. The molecule has 2 rings (SSSR count). The molecule has 140 valence electrons. The first kappa shape index (κ1) is 19.5. The van der Waals surface area contributed by atoms with Crippen LogP contribution in [0.3, 0.4) is 0 Å². The van der Waals surface area contributed by atoms with Crippen LogP contribution in [0, 0.1) is 0 Å². The quantitative estimate of drug-likeness (QED) is 0.717. The Morgan fingerprint density at radius 3 is 2.50 bits per heavy atom. The summed E-state index contributed by atoms with van der Waals surface area (Å²) in [5, 5.41) is 12.0. The molecule has 0 aliphatic carbocycles. The molecular formula is C19H25N3O4. The van der Waals surface area contributed by atoms with Crippen LogP contribution in [-0.4, -0.2) is 48.4 Å². The van der Waals surface area contributed by atoms with E-state index in [1.807, 2.05) is 24.3 Å². The van der Waals surface area contributed by atoms with E-state index in [0.29, 0.717) is 37.6 Å². The van der Waals surface area contributed by atoms with Crippen molar-refractivity contribution in [2.45, 2.75) is 19.5 Å². The number of nitrogens with one attached hydrogen (secondary N) is 1. The van der Waals surface area contributed by atoms with Crippen LogP contribution in [0.25, 0.3) is 0 Å². The minimum Gasteiger partial charge on any atom is -0.493 e. The van der Waals surface area contributed by atoms with Crippen LogP contribution in [-0.2, 0) is 13.1 Å². The molecule has 1 heterocycles. The van der Waals surface area contributed by atoms with Crippen molar-refractivity contribution in [3.63, 3.8) is 0 Å². The van der Waals surface area contributed by atoms with Crippen molar-refractivity contribution in [3.05, 3.63) is 53.9 Å². The number of urea groups is 1. The zero-order chi connectivity index (χ0) is 18.8. The summed E-state index contributed by atoms with van der Waals surface area (Å²) in [6.45, 7) is 1.33. The third kappa shape index (κ3) is 5.63. The molecule has 0 unspecified atom stereocenters. The molecule has 7 heteroatoms. The average molecular weight is 359 g/mol. The molecule has 0 fully saturated rings. The molecule has 0 atom stereocenters. The minimum absolute atomic E-state index is 0.0375. The van der Waals surface area contributed by atoms with Crippen LogP contribution in [0.2, 0.25) is 0 Å². The van der Waals surface area contributed by atoms with Gasteiger partial charge in [-0.2, -0.15) is 0 Å². The van der Waals surface area contributed by atoms with Gasteiger partial charge in [0.15, 0.2) is 11.5 Å². The summed E-state index contributed by atoms with van der Waals surface area (Å²) < 4.78 is 10.5. The number of carbonyl (C=O) groups is 1. The van der Waals surface area contributed by atoms with Gasteiger partial charge in [0.2, 0.25) is 0 Å². The van der Waals surface area contributed by atoms with Crippen molar-refractivity contribution in [3.8, 4) is 11.5 Å². The summed E-state index contributed by atoms with van der Waals surface area (Å²) in [5.74, 6) is 1.26. The predicted molar refractivity (Wildman–Crippen MR) is 98.1 cm³/mol. The van der Waals surface area contributed by atoms with E-state index in [0.717, 1.165) is 11.1 Å². The molecule has 2 aromatic rings. The summed E-state index contributed by atoms with van der Waals surface area (Å²) >= 11 is 0. The lowest BCUT2D eigenvalue weighted by Crippen LogP contribution is -2.40. The highest BCUT2D eigenvalue weighted by Gasteiger charge is 2.14. The van der Waals surface area contributed by atoms with E-state index >= 15 is 0 Å². The number of carbonyl (C=O) groups excluding carboxylic acids is 1. The fourth-order valence-electron chi connectivity index (χ4n) is 2.50. The molecule has 0 aliphatic rings. The number of hydrogen-bond acceptors (Lipinski definition) is 5. The Kier molecular flexibility index (Phi) is 7.70. The van der Waals surface area contributed by atoms with E-state index in [9.17, 15) is 4.79 Å².